The van der Waals surface area contributed by atoms with Gasteiger partial charge in [0, 0.05) is 5.56 Å². The molecular formula is C23H22N2O3S. The smallest absolute Gasteiger partial charge is 0.257 e. The van der Waals surface area contributed by atoms with Crippen molar-refractivity contribution >= 4 is 28.9 Å². The second kappa shape index (κ2) is 10.2. The summed E-state index contributed by atoms with van der Waals surface area (Å²) in [4.78, 5) is 12.3. The van der Waals surface area contributed by atoms with Crippen molar-refractivity contribution in [1.82, 2.24) is 5.32 Å². The highest BCUT2D eigenvalue weighted by Crippen LogP contribution is 2.23. The minimum atomic E-state index is -0.267. The molecule has 0 saturated heterocycles. The average molecular weight is 407 g/mol. The molecular weight excluding hydrogens is 384 g/mol. The third-order valence-corrected chi connectivity index (χ3v) is 4.23. The first-order chi connectivity index (χ1) is 14.1. The van der Waals surface area contributed by atoms with Crippen molar-refractivity contribution in [2.24, 2.45) is 0 Å². The number of amides is 1. The van der Waals surface area contributed by atoms with Crippen molar-refractivity contribution in [1.29, 1.82) is 0 Å². The van der Waals surface area contributed by atoms with E-state index in [-0.39, 0.29) is 11.0 Å². The number of anilines is 1. The number of benzene rings is 3. The molecule has 2 N–H and O–H groups in total. The van der Waals surface area contributed by atoms with Crippen LogP contribution in [0.4, 0.5) is 5.69 Å². The van der Waals surface area contributed by atoms with Gasteiger partial charge in [0.2, 0.25) is 0 Å². The Morgan fingerprint density at radius 1 is 0.862 bits per heavy atom. The van der Waals surface area contributed by atoms with E-state index in [0.29, 0.717) is 30.2 Å². The maximum absolute atomic E-state index is 12.3. The van der Waals surface area contributed by atoms with Crippen molar-refractivity contribution in [3.8, 4) is 11.5 Å². The molecule has 148 valence electrons. The molecule has 6 heteroatoms. The summed E-state index contributed by atoms with van der Waals surface area (Å²) in [6, 6.07) is 24.2. The number of nitrogens with one attached hydrogen (secondary N) is 2. The van der Waals surface area contributed by atoms with Gasteiger partial charge in [-0.05, 0) is 55.5 Å². The zero-order valence-electron chi connectivity index (χ0n) is 16.1. The molecule has 0 fully saturated rings. The fourth-order valence-electron chi connectivity index (χ4n) is 2.56. The summed E-state index contributed by atoms with van der Waals surface area (Å²) in [7, 11) is 0. The van der Waals surface area contributed by atoms with Gasteiger partial charge in [0.25, 0.3) is 5.91 Å². The molecule has 0 spiro atoms. The van der Waals surface area contributed by atoms with Gasteiger partial charge in [-0.2, -0.15) is 0 Å². The van der Waals surface area contributed by atoms with Crippen LogP contribution in [-0.4, -0.2) is 24.2 Å². The predicted molar refractivity (Wildman–Crippen MR) is 119 cm³/mol. The molecule has 0 aromatic heterocycles. The molecule has 0 aliphatic heterocycles. The molecule has 0 saturated carbocycles. The van der Waals surface area contributed by atoms with Crippen LogP contribution in [0.1, 0.15) is 15.9 Å². The molecule has 0 heterocycles. The molecule has 3 aromatic carbocycles. The Bertz CT molecular complexity index is 959. The second-order valence-corrected chi connectivity index (χ2v) is 6.69. The Balaban J connectivity index is 1.52. The fraction of sp³-hybridized carbons (Fsp3) is 0.130. The number of para-hydroxylation sites is 3. The van der Waals surface area contributed by atoms with E-state index in [9.17, 15) is 4.79 Å². The number of hydrogen-bond donors (Lipinski definition) is 2. The summed E-state index contributed by atoms with van der Waals surface area (Å²) in [6.07, 6.45) is 0. The van der Waals surface area contributed by atoms with Crippen molar-refractivity contribution in [2.45, 2.75) is 6.92 Å². The Morgan fingerprint density at radius 3 is 2.28 bits per heavy atom. The maximum atomic E-state index is 12.3. The normalized spacial score (nSPS) is 10.1. The summed E-state index contributed by atoms with van der Waals surface area (Å²) >= 11 is 5.27. The third kappa shape index (κ3) is 6.33. The van der Waals surface area contributed by atoms with Crippen LogP contribution in [0, 0.1) is 6.92 Å². The van der Waals surface area contributed by atoms with E-state index in [4.69, 9.17) is 21.7 Å². The topological polar surface area (TPSA) is 59.6 Å². The van der Waals surface area contributed by atoms with Crippen molar-refractivity contribution in [2.75, 3.05) is 18.5 Å². The number of carbonyl (C=O) groups is 1. The van der Waals surface area contributed by atoms with E-state index in [1.165, 1.54) is 0 Å². The van der Waals surface area contributed by atoms with Gasteiger partial charge in [-0.25, -0.2) is 0 Å². The molecule has 0 aliphatic carbocycles. The molecule has 0 bridgehead atoms. The number of rotatable bonds is 7. The van der Waals surface area contributed by atoms with E-state index in [0.717, 1.165) is 11.3 Å². The monoisotopic (exact) mass is 406 g/mol. The van der Waals surface area contributed by atoms with E-state index >= 15 is 0 Å². The quantitative estimate of drug-likeness (QED) is 0.444. The van der Waals surface area contributed by atoms with Gasteiger partial charge < -0.3 is 14.8 Å². The molecule has 29 heavy (non-hydrogen) atoms. The van der Waals surface area contributed by atoms with Crippen molar-refractivity contribution in [3.63, 3.8) is 0 Å². The van der Waals surface area contributed by atoms with Crippen LogP contribution in [0.2, 0.25) is 0 Å². The summed E-state index contributed by atoms with van der Waals surface area (Å²) in [6.45, 7) is 2.75. The lowest BCUT2D eigenvalue weighted by Gasteiger charge is -2.14. The van der Waals surface area contributed by atoms with Gasteiger partial charge in [0.05, 0.1) is 5.69 Å². The molecule has 3 rings (SSSR count). The zero-order valence-corrected chi connectivity index (χ0v) is 16.9. The Labute approximate surface area is 175 Å². The summed E-state index contributed by atoms with van der Waals surface area (Å²) in [5.74, 6) is 1.15. The summed E-state index contributed by atoms with van der Waals surface area (Å²) in [5.41, 5.74) is 2.30. The van der Waals surface area contributed by atoms with Gasteiger partial charge in [0.15, 0.2) is 5.11 Å². The fourth-order valence-corrected chi connectivity index (χ4v) is 2.76. The molecule has 3 aromatic rings. The van der Waals surface area contributed by atoms with E-state index in [1.54, 1.807) is 12.1 Å². The minimum Gasteiger partial charge on any atom is -0.490 e. The summed E-state index contributed by atoms with van der Waals surface area (Å²) < 4.78 is 11.4. The average Bonchev–Trinajstić information content (AvgIpc) is 2.73. The lowest BCUT2D eigenvalue weighted by Crippen LogP contribution is -2.34. The first-order valence-corrected chi connectivity index (χ1v) is 9.61. The Kier molecular flexibility index (Phi) is 7.19. The van der Waals surface area contributed by atoms with Crippen LogP contribution >= 0.6 is 12.2 Å². The standard InChI is InChI=1S/C23H22N2O3S/c1-17-11-13-18(14-12-17)22(26)25-23(29)24-20-9-5-6-10-21(20)28-16-15-27-19-7-3-2-4-8-19/h2-14H,15-16H2,1H3,(H2,24,25,26,29). The highest BCUT2D eigenvalue weighted by atomic mass is 32.1. The largest absolute Gasteiger partial charge is 0.490 e. The lowest BCUT2D eigenvalue weighted by atomic mass is 10.1. The van der Waals surface area contributed by atoms with Crippen LogP contribution < -0.4 is 20.1 Å². The first kappa shape index (κ1) is 20.4. The van der Waals surface area contributed by atoms with Crippen LogP contribution in [0.25, 0.3) is 0 Å². The van der Waals surface area contributed by atoms with Gasteiger partial charge in [0.1, 0.15) is 24.7 Å². The van der Waals surface area contributed by atoms with Gasteiger partial charge in [-0.15, -0.1) is 0 Å². The van der Waals surface area contributed by atoms with Crippen molar-refractivity contribution < 1.29 is 14.3 Å². The molecule has 0 aliphatic rings. The molecule has 0 atom stereocenters. The van der Waals surface area contributed by atoms with Gasteiger partial charge >= 0.3 is 0 Å². The van der Waals surface area contributed by atoms with Gasteiger partial charge in [-0.1, -0.05) is 48.0 Å². The number of ether oxygens (including phenoxy) is 2. The van der Waals surface area contributed by atoms with E-state index in [2.05, 4.69) is 10.6 Å². The molecule has 0 unspecified atom stereocenters. The maximum Gasteiger partial charge on any atom is 0.257 e. The Hall–Kier alpha value is -3.38. The minimum absolute atomic E-state index is 0.201. The summed E-state index contributed by atoms with van der Waals surface area (Å²) in [5, 5.41) is 5.90. The van der Waals surface area contributed by atoms with E-state index in [1.807, 2.05) is 73.7 Å². The Morgan fingerprint density at radius 2 is 1.52 bits per heavy atom. The molecule has 1 amide bonds. The van der Waals surface area contributed by atoms with Crippen molar-refractivity contribution in [3.05, 3.63) is 90.0 Å². The highest BCUT2D eigenvalue weighted by molar-refractivity contribution is 7.80. The highest BCUT2D eigenvalue weighted by Gasteiger charge is 2.10. The van der Waals surface area contributed by atoms with E-state index < -0.39 is 0 Å². The molecule has 0 radical (unpaired) electrons. The van der Waals surface area contributed by atoms with Crippen LogP contribution in [0.15, 0.2) is 78.9 Å². The van der Waals surface area contributed by atoms with Crippen LogP contribution in [0.5, 0.6) is 11.5 Å². The third-order valence-electron chi connectivity index (χ3n) is 4.03. The first-order valence-electron chi connectivity index (χ1n) is 9.20. The number of hydrogen-bond acceptors (Lipinski definition) is 4. The number of thiocarbonyl (C=S) groups is 1. The second-order valence-electron chi connectivity index (χ2n) is 6.28. The number of carbonyl (C=O) groups excluding carboxylic acids is 1. The number of aryl methyl sites for hydroxylation is 1. The van der Waals surface area contributed by atoms with Crippen LogP contribution in [-0.2, 0) is 0 Å². The van der Waals surface area contributed by atoms with Gasteiger partial charge in [-0.3, -0.25) is 10.1 Å². The van der Waals surface area contributed by atoms with Crippen LogP contribution in [0.3, 0.4) is 0 Å². The molecule has 5 nitrogen and oxygen atoms in total. The predicted octanol–water partition coefficient (Wildman–Crippen LogP) is 4.58. The SMILES string of the molecule is Cc1ccc(C(=O)NC(=S)Nc2ccccc2OCCOc2ccccc2)cc1. The zero-order chi connectivity index (χ0) is 20.5. The lowest BCUT2D eigenvalue weighted by molar-refractivity contribution is 0.0977.